The number of halogens is 4. The monoisotopic (exact) mass is 506 g/mol. The molecule has 0 aromatic rings. The Bertz CT molecular complexity index is 955. The van der Waals surface area contributed by atoms with Crippen molar-refractivity contribution in [1.82, 2.24) is 0 Å². The van der Waals surface area contributed by atoms with Gasteiger partial charge in [0.15, 0.2) is 22.0 Å². The van der Waals surface area contributed by atoms with E-state index in [-0.39, 0.29) is 43.5 Å². The highest BCUT2D eigenvalue weighted by Crippen LogP contribution is 2.73. The number of allylic oxidation sites excluding steroid dienone is 1. The Balaban J connectivity index is 1.66. The smallest absolute Gasteiger partial charge is 0.200 e. The normalized spacial score (nSPS) is 52.6. The minimum Gasteiger partial charge on any atom is -0.390 e. The van der Waals surface area contributed by atoms with Gasteiger partial charge in [-0.15, -0.1) is 0 Å². The Labute approximate surface area is 202 Å². The number of aliphatic hydroxyl groups excluding tert-OH is 1. The molecule has 3 saturated carbocycles. The zero-order chi connectivity index (χ0) is 24.4. The second kappa shape index (κ2) is 7.00. The van der Waals surface area contributed by atoms with Gasteiger partial charge in [0.2, 0.25) is 5.78 Å². The van der Waals surface area contributed by atoms with Crippen LogP contribution >= 0.6 is 23.2 Å². The number of hydrogen-bond donors (Lipinski definition) is 1. The van der Waals surface area contributed by atoms with Gasteiger partial charge in [-0.25, -0.2) is 8.78 Å². The third-order valence-electron chi connectivity index (χ3n) is 9.58. The van der Waals surface area contributed by atoms with Crippen LogP contribution in [-0.4, -0.2) is 56.9 Å². The van der Waals surface area contributed by atoms with E-state index in [0.717, 1.165) is 0 Å². The number of ether oxygens (including phenoxy) is 2. The minimum atomic E-state index is -2.16. The first-order valence-electron chi connectivity index (χ1n) is 11.6. The van der Waals surface area contributed by atoms with Crippen molar-refractivity contribution in [3.63, 3.8) is 0 Å². The van der Waals surface area contributed by atoms with Gasteiger partial charge in [-0.3, -0.25) is 9.59 Å². The van der Waals surface area contributed by atoms with E-state index in [4.69, 9.17) is 32.7 Å². The summed E-state index contributed by atoms with van der Waals surface area (Å²) in [7, 11) is 0. The average Bonchev–Trinajstić information content (AvgIpc) is 3.11. The van der Waals surface area contributed by atoms with Crippen LogP contribution in [0.3, 0.4) is 0 Å². The molecule has 5 rings (SSSR count). The van der Waals surface area contributed by atoms with Crippen LogP contribution in [0.4, 0.5) is 8.78 Å². The Morgan fingerprint density at radius 1 is 1.21 bits per heavy atom. The molecule has 4 fully saturated rings. The molecule has 9 heteroatoms. The second-order valence-electron chi connectivity index (χ2n) is 11.5. The summed E-state index contributed by atoms with van der Waals surface area (Å²) in [5.41, 5.74) is -6.00. The number of Topliss-reactive ketones (excluding diaryl/α,β-unsaturated/α-hetero) is 1. The molecule has 33 heavy (non-hydrogen) atoms. The molecule has 4 aliphatic carbocycles. The van der Waals surface area contributed by atoms with E-state index < -0.39 is 68.7 Å². The lowest BCUT2D eigenvalue weighted by molar-refractivity contribution is -0.254. The summed E-state index contributed by atoms with van der Waals surface area (Å²) < 4.78 is 45.2. The number of carbonyl (C=O) groups is 2. The van der Waals surface area contributed by atoms with Crippen molar-refractivity contribution in [1.29, 1.82) is 0 Å². The number of alkyl halides is 4. The topological polar surface area (TPSA) is 72.8 Å². The van der Waals surface area contributed by atoms with Crippen LogP contribution in [0.2, 0.25) is 0 Å². The lowest BCUT2D eigenvalue weighted by Gasteiger charge is -2.64. The molecule has 0 aromatic carbocycles. The molecule has 184 valence electrons. The summed E-state index contributed by atoms with van der Waals surface area (Å²) in [5.74, 6) is -3.31. The summed E-state index contributed by atoms with van der Waals surface area (Å²) in [4.78, 5) is 24.1. The molecule has 1 aliphatic heterocycles. The summed E-state index contributed by atoms with van der Waals surface area (Å²) in [5, 5.41) is 11.4. The molecule has 5 nitrogen and oxygen atoms in total. The molecule has 1 N–H and O–H groups in total. The van der Waals surface area contributed by atoms with E-state index in [1.807, 2.05) is 0 Å². The van der Waals surface area contributed by atoms with Crippen LogP contribution < -0.4 is 0 Å². The number of ketones is 2. The Hall–Kier alpha value is -0.600. The highest BCUT2D eigenvalue weighted by atomic mass is 35.5. The molecule has 1 saturated heterocycles. The van der Waals surface area contributed by atoms with Crippen molar-refractivity contribution in [2.24, 2.45) is 22.7 Å². The highest BCUT2D eigenvalue weighted by molar-refractivity contribution is 6.54. The van der Waals surface area contributed by atoms with Crippen LogP contribution in [-0.2, 0) is 19.1 Å². The van der Waals surface area contributed by atoms with Crippen LogP contribution in [0, 0.1) is 22.7 Å². The number of rotatable bonds is 2. The number of carbonyl (C=O) groups excluding carboxylic acids is 2. The predicted molar refractivity (Wildman–Crippen MR) is 117 cm³/mol. The second-order valence-corrected chi connectivity index (χ2v) is 12.6. The Morgan fingerprint density at radius 2 is 1.88 bits per heavy atom. The fourth-order valence-corrected chi connectivity index (χ4v) is 8.58. The van der Waals surface area contributed by atoms with Gasteiger partial charge in [0.1, 0.15) is 11.8 Å². The molecule has 1 heterocycles. The fraction of sp³-hybridized carbons (Fsp3) is 0.833. The largest absolute Gasteiger partial charge is 0.390 e. The molecule has 0 amide bonds. The van der Waals surface area contributed by atoms with Crippen LogP contribution in [0.25, 0.3) is 0 Å². The summed E-state index contributed by atoms with van der Waals surface area (Å²) in [6.45, 7) is 6.77. The minimum absolute atomic E-state index is 0.0966. The highest BCUT2D eigenvalue weighted by Gasteiger charge is 2.81. The lowest BCUT2D eigenvalue weighted by Crippen LogP contribution is -2.71. The van der Waals surface area contributed by atoms with E-state index >= 15 is 8.78 Å². The van der Waals surface area contributed by atoms with Gasteiger partial charge >= 0.3 is 0 Å². The SMILES string of the molecule is CC1(C)O[C@@H]2C[C@H]3[C@@H]4C[C@H](F)C5=CC(=O)CC[C@]5(C)[C@@]4(F)[C@@H](O)C[C@]3(C)[C@]2(C(=O)C(Cl)Cl)O1. The summed E-state index contributed by atoms with van der Waals surface area (Å²) in [6.07, 6.45) is -2.32. The Morgan fingerprint density at radius 3 is 2.52 bits per heavy atom. The van der Waals surface area contributed by atoms with E-state index in [1.54, 1.807) is 27.7 Å². The quantitative estimate of drug-likeness (QED) is 0.561. The van der Waals surface area contributed by atoms with Gasteiger partial charge in [-0.2, -0.15) is 0 Å². The summed E-state index contributed by atoms with van der Waals surface area (Å²) in [6, 6.07) is 0. The number of aliphatic hydroxyl groups is 1. The van der Waals surface area contributed by atoms with Crippen molar-refractivity contribution in [2.75, 3.05) is 0 Å². The van der Waals surface area contributed by atoms with E-state index in [2.05, 4.69) is 0 Å². The molecule has 0 aromatic heterocycles. The van der Waals surface area contributed by atoms with Crippen molar-refractivity contribution < 1.29 is 33.0 Å². The maximum Gasteiger partial charge on any atom is 0.200 e. The van der Waals surface area contributed by atoms with Crippen LogP contribution in [0.1, 0.15) is 59.8 Å². The first-order chi connectivity index (χ1) is 15.1. The van der Waals surface area contributed by atoms with Crippen molar-refractivity contribution >= 4 is 34.8 Å². The lowest BCUT2D eigenvalue weighted by atomic mass is 9.43. The third-order valence-corrected chi connectivity index (χ3v) is 9.98. The van der Waals surface area contributed by atoms with Crippen molar-refractivity contribution in [2.45, 2.75) is 100 Å². The number of hydrogen-bond acceptors (Lipinski definition) is 5. The number of fused-ring (bicyclic) bond motifs is 7. The van der Waals surface area contributed by atoms with Crippen LogP contribution in [0.5, 0.6) is 0 Å². The van der Waals surface area contributed by atoms with E-state index in [0.29, 0.717) is 0 Å². The van der Waals surface area contributed by atoms with Crippen molar-refractivity contribution in [3.05, 3.63) is 11.6 Å². The van der Waals surface area contributed by atoms with E-state index in [9.17, 15) is 14.7 Å². The molecule has 5 aliphatic rings. The van der Waals surface area contributed by atoms with Gasteiger partial charge < -0.3 is 14.6 Å². The zero-order valence-electron chi connectivity index (χ0n) is 19.2. The molecular weight excluding hydrogens is 477 g/mol. The molecule has 0 bridgehead atoms. The zero-order valence-corrected chi connectivity index (χ0v) is 20.7. The molecule has 9 atom stereocenters. The Kier molecular flexibility index (Phi) is 5.11. The molecule has 0 unspecified atom stereocenters. The molecule has 0 radical (unpaired) electrons. The first-order valence-corrected chi connectivity index (χ1v) is 12.5. The maximum atomic E-state index is 17.3. The van der Waals surface area contributed by atoms with E-state index in [1.165, 1.54) is 6.08 Å². The maximum absolute atomic E-state index is 17.3. The third kappa shape index (κ3) is 2.75. The van der Waals surface area contributed by atoms with Crippen LogP contribution in [0.15, 0.2) is 11.6 Å². The van der Waals surface area contributed by atoms with Gasteiger partial charge in [-0.05, 0) is 57.1 Å². The van der Waals surface area contributed by atoms with Gasteiger partial charge in [-0.1, -0.05) is 37.0 Å². The standard InChI is InChI=1S/C24H30Cl2F2O5/c1-20(2)32-17-9-12-13-8-15(27)14-7-11(29)5-6-21(14,3)23(13,28)16(30)10-22(12,4)24(17,33-20)18(31)19(25)26/h7,12-13,15-17,19,30H,5-6,8-10H2,1-4H3/t12-,13-,15-,16-,17+,21-,22-,23-,24-/m0/s1. The first kappa shape index (κ1) is 24.1. The fourth-order valence-electron chi connectivity index (χ4n) is 8.26. The van der Waals surface area contributed by atoms with Crippen molar-refractivity contribution in [3.8, 4) is 0 Å². The molecular formula is C24H30Cl2F2O5. The molecule has 0 spiro atoms. The predicted octanol–water partition coefficient (Wildman–Crippen LogP) is 4.40. The van der Waals surface area contributed by atoms with Gasteiger partial charge in [0.05, 0.1) is 12.2 Å². The average molecular weight is 507 g/mol. The summed E-state index contributed by atoms with van der Waals surface area (Å²) >= 11 is 12.1. The van der Waals surface area contributed by atoms with Gasteiger partial charge in [0, 0.05) is 23.2 Å². The van der Waals surface area contributed by atoms with Gasteiger partial charge in [0.25, 0.3) is 0 Å².